The molecule has 0 bridgehead atoms. The normalized spacial score (nSPS) is 10.6. The summed E-state index contributed by atoms with van der Waals surface area (Å²) in [5, 5.41) is 0. The molecule has 3 rings (SSSR count). The van der Waals surface area contributed by atoms with E-state index in [1.807, 2.05) is 24.3 Å². The molecule has 0 fully saturated rings. The molecule has 0 amide bonds. The fourth-order valence-corrected chi connectivity index (χ4v) is 2.45. The topological polar surface area (TPSA) is 52.6 Å². The molecule has 0 aromatic heterocycles. The summed E-state index contributed by atoms with van der Waals surface area (Å²) in [4.78, 5) is 24.4. The van der Waals surface area contributed by atoms with E-state index < -0.39 is 5.97 Å². The number of benzene rings is 3. The monoisotopic (exact) mass is 358 g/mol. The molecular formula is C23H18O4. The standard InChI is InChI=1S/C23H18O4/c1-26-20-13-11-19(12-14-20)23(25)27-21-9-5-6-17(16-21)10-15-22(24)18-7-3-2-4-8-18/h2-16H,1H3. The predicted molar refractivity (Wildman–Crippen MR) is 104 cm³/mol. The van der Waals surface area contributed by atoms with Crippen molar-refractivity contribution in [1.29, 1.82) is 0 Å². The van der Waals surface area contributed by atoms with Gasteiger partial charge in [-0.25, -0.2) is 4.79 Å². The molecule has 0 N–H and O–H groups in total. The first kappa shape index (κ1) is 18.1. The number of rotatable bonds is 6. The van der Waals surface area contributed by atoms with Gasteiger partial charge in [0.25, 0.3) is 0 Å². The van der Waals surface area contributed by atoms with Gasteiger partial charge in [0, 0.05) is 5.56 Å². The van der Waals surface area contributed by atoms with Gasteiger partial charge in [-0.3, -0.25) is 4.79 Å². The van der Waals surface area contributed by atoms with Gasteiger partial charge in [-0.05, 0) is 48.0 Å². The highest BCUT2D eigenvalue weighted by Crippen LogP contribution is 2.18. The third-order valence-corrected chi connectivity index (χ3v) is 3.88. The number of hydrogen-bond acceptors (Lipinski definition) is 4. The van der Waals surface area contributed by atoms with Crippen molar-refractivity contribution in [3.63, 3.8) is 0 Å². The molecule has 0 aliphatic rings. The molecule has 0 saturated heterocycles. The van der Waals surface area contributed by atoms with Gasteiger partial charge in [0.15, 0.2) is 5.78 Å². The summed E-state index contributed by atoms with van der Waals surface area (Å²) in [5.41, 5.74) is 1.81. The summed E-state index contributed by atoms with van der Waals surface area (Å²) >= 11 is 0. The van der Waals surface area contributed by atoms with E-state index in [2.05, 4.69) is 0 Å². The Labute approximate surface area is 157 Å². The third kappa shape index (κ3) is 4.92. The van der Waals surface area contributed by atoms with Crippen LogP contribution in [0.1, 0.15) is 26.3 Å². The summed E-state index contributed by atoms with van der Waals surface area (Å²) in [6.45, 7) is 0. The van der Waals surface area contributed by atoms with Crippen LogP contribution >= 0.6 is 0 Å². The molecule has 27 heavy (non-hydrogen) atoms. The highest BCUT2D eigenvalue weighted by Gasteiger charge is 2.09. The van der Waals surface area contributed by atoms with Crippen LogP contribution in [0.3, 0.4) is 0 Å². The highest BCUT2D eigenvalue weighted by molar-refractivity contribution is 6.06. The number of esters is 1. The number of carbonyl (C=O) groups excluding carboxylic acids is 2. The van der Waals surface area contributed by atoms with Crippen molar-refractivity contribution in [2.24, 2.45) is 0 Å². The minimum Gasteiger partial charge on any atom is -0.497 e. The lowest BCUT2D eigenvalue weighted by Gasteiger charge is -2.06. The van der Waals surface area contributed by atoms with Crippen LogP contribution in [0, 0.1) is 0 Å². The molecule has 3 aromatic carbocycles. The quantitative estimate of drug-likeness (QED) is 0.275. The SMILES string of the molecule is COc1ccc(C(=O)Oc2cccc(C=CC(=O)c3ccccc3)c2)cc1. The second kappa shape index (κ2) is 8.63. The maximum atomic E-state index is 12.2. The predicted octanol–water partition coefficient (Wildman–Crippen LogP) is 4.81. The van der Waals surface area contributed by atoms with E-state index in [0.29, 0.717) is 22.6 Å². The summed E-state index contributed by atoms with van der Waals surface area (Å²) < 4.78 is 10.5. The van der Waals surface area contributed by atoms with Crippen LogP contribution < -0.4 is 9.47 Å². The van der Waals surface area contributed by atoms with Crippen LogP contribution in [0.25, 0.3) is 6.08 Å². The fraction of sp³-hybridized carbons (Fsp3) is 0.0435. The minimum atomic E-state index is -0.459. The van der Waals surface area contributed by atoms with Crippen molar-refractivity contribution in [3.8, 4) is 11.5 Å². The van der Waals surface area contributed by atoms with Gasteiger partial charge in [-0.1, -0.05) is 48.5 Å². The summed E-state index contributed by atoms with van der Waals surface area (Å²) in [6.07, 6.45) is 3.19. The Hall–Kier alpha value is -3.66. The number of allylic oxidation sites excluding steroid dienone is 1. The Morgan fingerprint density at radius 1 is 0.778 bits per heavy atom. The van der Waals surface area contributed by atoms with Gasteiger partial charge < -0.3 is 9.47 Å². The second-order valence-electron chi connectivity index (χ2n) is 5.75. The number of ketones is 1. The fourth-order valence-electron chi connectivity index (χ4n) is 2.45. The molecule has 0 aliphatic carbocycles. The Balaban J connectivity index is 1.68. The van der Waals surface area contributed by atoms with Crippen molar-refractivity contribution >= 4 is 17.8 Å². The molecule has 0 radical (unpaired) electrons. The van der Waals surface area contributed by atoms with E-state index in [9.17, 15) is 9.59 Å². The lowest BCUT2D eigenvalue weighted by atomic mass is 10.1. The highest BCUT2D eigenvalue weighted by atomic mass is 16.5. The Morgan fingerprint density at radius 3 is 2.22 bits per heavy atom. The average Bonchev–Trinajstić information content (AvgIpc) is 2.73. The Kier molecular flexibility index (Phi) is 5.80. The number of carbonyl (C=O) groups is 2. The largest absolute Gasteiger partial charge is 0.497 e. The van der Waals surface area contributed by atoms with E-state index >= 15 is 0 Å². The molecule has 0 atom stereocenters. The molecule has 0 saturated carbocycles. The zero-order valence-electron chi connectivity index (χ0n) is 14.8. The van der Waals surface area contributed by atoms with Gasteiger partial charge in [-0.2, -0.15) is 0 Å². The zero-order chi connectivity index (χ0) is 19.1. The Bertz CT molecular complexity index is 957. The second-order valence-corrected chi connectivity index (χ2v) is 5.75. The number of ether oxygens (including phenoxy) is 2. The van der Waals surface area contributed by atoms with Crippen LogP contribution in [-0.2, 0) is 0 Å². The van der Waals surface area contributed by atoms with Crippen LogP contribution in [0.2, 0.25) is 0 Å². The zero-order valence-corrected chi connectivity index (χ0v) is 14.8. The molecular weight excluding hydrogens is 340 g/mol. The van der Waals surface area contributed by atoms with E-state index in [1.54, 1.807) is 67.8 Å². The van der Waals surface area contributed by atoms with Crippen LogP contribution in [0.15, 0.2) is 84.9 Å². The Morgan fingerprint density at radius 2 is 1.52 bits per heavy atom. The molecule has 4 nitrogen and oxygen atoms in total. The third-order valence-electron chi connectivity index (χ3n) is 3.88. The maximum absolute atomic E-state index is 12.2. The first-order valence-electron chi connectivity index (χ1n) is 8.39. The van der Waals surface area contributed by atoms with E-state index in [4.69, 9.17) is 9.47 Å². The smallest absolute Gasteiger partial charge is 0.343 e. The van der Waals surface area contributed by atoms with Gasteiger partial charge in [0.05, 0.1) is 12.7 Å². The maximum Gasteiger partial charge on any atom is 0.343 e. The lowest BCUT2D eigenvalue weighted by Crippen LogP contribution is -2.08. The van der Waals surface area contributed by atoms with Crippen LogP contribution in [-0.4, -0.2) is 18.9 Å². The van der Waals surface area contributed by atoms with Crippen LogP contribution in [0.5, 0.6) is 11.5 Å². The number of hydrogen-bond donors (Lipinski definition) is 0. The van der Waals surface area contributed by atoms with E-state index in [1.165, 1.54) is 6.08 Å². The summed E-state index contributed by atoms with van der Waals surface area (Å²) in [6, 6.07) is 22.7. The molecule has 3 aromatic rings. The van der Waals surface area contributed by atoms with Gasteiger partial charge in [0.2, 0.25) is 0 Å². The molecule has 0 aliphatic heterocycles. The minimum absolute atomic E-state index is 0.0868. The summed E-state index contributed by atoms with van der Waals surface area (Å²) in [5.74, 6) is 0.530. The van der Waals surface area contributed by atoms with Crippen molar-refractivity contribution < 1.29 is 19.1 Å². The van der Waals surface area contributed by atoms with Gasteiger partial charge >= 0.3 is 5.97 Å². The average molecular weight is 358 g/mol. The first-order chi connectivity index (χ1) is 13.2. The van der Waals surface area contributed by atoms with Gasteiger partial charge in [0.1, 0.15) is 11.5 Å². The molecule has 0 spiro atoms. The van der Waals surface area contributed by atoms with Crippen molar-refractivity contribution in [2.45, 2.75) is 0 Å². The van der Waals surface area contributed by atoms with Gasteiger partial charge in [-0.15, -0.1) is 0 Å². The first-order valence-corrected chi connectivity index (χ1v) is 8.39. The molecule has 0 heterocycles. The van der Waals surface area contributed by atoms with Crippen molar-refractivity contribution in [3.05, 3.63) is 102 Å². The van der Waals surface area contributed by atoms with Crippen molar-refractivity contribution in [2.75, 3.05) is 7.11 Å². The van der Waals surface area contributed by atoms with Crippen LogP contribution in [0.4, 0.5) is 0 Å². The van der Waals surface area contributed by atoms with Crippen molar-refractivity contribution in [1.82, 2.24) is 0 Å². The van der Waals surface area contributed by atoms with E-state index in [0.717, 1.165) is 5.56 Å². The molecule has 134 valence electrons. The van der Waals surface area contributed by atoms with E-state index in [-0.39, 0.29) is 5.78 Å². The molecule has 0 unspecified atom stereocenters. The number of methoxy groups -OCH3 is 1. The molecule has 4 heteroatoms. The summed E-state index contributed by atoms with van der Waals surface area (Å²) in [7, 11) is 1.56. The lowest BCUT2D eigenvalue weighted by molar-refractivity contribution is 0.0734.